The van der Waals surface area contributed by atoms with Crippen molar-refractivity contribution in [1.29, 1.82) is 0 Å². The molecule has 1 heterocycles. The van der Waals surface area contributed by atoms with Gasteiger partial charge in [0.05, 0.1) is 12.2 Å². The Morgan fingerprint density at radius 3 is 2.78 bits per heavy atom. The lowest BCUT2D eigenvalue weighted by atomic mass is 10.1. The van der Waals surface area contributed by atoms with Crippen LogP contribution >= 0.6 is 11.6 Å². The minimum atomic E-state index is -0.704. The third-order valence-electron chi connectivity index (χ3n) is 3.13. The summed E-state index contributed by atoms with van der Waals surface area (Å²) in [4.78, 5) is 8.04. The van der Waals surface area contributed by atoms with Crippen LogP contribution in [0.3, 0.4) is 0 Å². The summed E-state index contributed by atoms with van der Waals surface area (Å²) in [5.74, 6) is 1.28. The van der Waals surface area contributed by atoms with Gasteiger partial charge in [-0.25, -0.2) is 9.97 Å². The van der Waals surface area contributed by atoms with E-state index in [1.807, 2.05) is 38.1 Å². The lowest BCUT2D eigenvalue weighted by Crippen LogP contribution is -2.15. The molecule has 1 aromatic carbocycles. The molecule has 3 N–H and O–H groups in total. The van der Waals surface area contributed by atoms with Gasteiger partial charge in [-0.15, -0.1) is 0 Å². The SMILES string of the molecule is CNc1c(Cl)ncnc1NCC(O)c1cccc(OC(C)C)c1. The molecule has 0 fully saturated rings. The zero-order valence-corrected chi connectivity index (χ0v) is 14.1. The third kappa shape index (κ3) is 4.71. The Kier molecular flexibility index (Phi) is 6.01. The maximum absolute atomic E-state index is 10.4. The van der Waals surface area contributed by atoms with Gasteiger partial charge < -0.3 is 20.5 Å². The Morgan fingerprint density at radius 2 is 2.09 bits per heavy atom. The summed E-state index contributed by atoms with van der Waals surface area (Å²) in [6.45, 7) is 4.21. The first kappa shape index (κ1) is 17.3. The van der Waals surface area contributed by atoms with Crippen LogP contribution in [-0.4, -0.2) is 34.8 Å². The van der Waals surface area contributed by atoms with Crippen molar-refractivity contribution >= 4 is 23.1 Å². The van der Waals surface area contributed by atoms with E-state index in [-0.39, 0.29) is 12.6 Å². The number of hydrogen-bond acceptors (Lipinski definition) is 6. The number of anilines is 2. The second-order valence-corrected chi connectivity index (χ2v) is 5.63. The van der Waals surface area contributed by atoms with Gasteiger partial charge in [0.25, 0.3) is 0 Å². The number of nitrogens with zero attached hydrogens (tertiary/aromatic N) is 2. The number of aliphatic hydroxyl groups is 1. The van der Waals surface area contributed by atoms with Gasteiger partial charge in [0.1, 0.15) is 17.8 Å². The minimum Gasteiger partial charge on any atom is -0.491 e. The molecule has 7 heteroatoms. The maximum atomic E-state index is 10.4. The van der Waals surface area contributed by atoms with Crippen molar-refractivity contribution in [2.24, 2.45) is 0 Å². The number of hydrogen-bond donors (Lipinski definition) is 3. The highest BCUT2D eigenvalue weighted by Crippen LogP contribution is 2.26. The van der Waals surface area contributed by atoms with E-state index in [0.717, 1.165) is 11.3 Å². The molecule has 0 spiro atoms. The van der Waals surface area contributed by atoms with Gasteiger partial charge >= 0.3 is 0 Å². The Hall–Kier alpha value is -2.05. The van der Waals surface area contributed by atoms with Crippen molar-refractivity contribution in [3.63, 3.8) is 0 Å². The van der Waals surface area contributed by atoms with E-state index in [4.69, 9.17) is 16.3 Å². The highest BCUT2D eigenvalue weighted by Gasteiger charge is 2.12. The predicted molar refractivity (Wildman–Crippen MR) is 92.2 cm³/mol. The molecule has 0 radical (unpaired) electrons. The van der Waals surface area contributed by atoms with Gasteiger partial charge in [-0.1, -0.05) is 23.7 Å². The minimum absolute atomic E-state index is 0.0851. The normalized spacial score (nSPS) is 12.1. The standard InChI is InChI=1S/C16H21ClN4O2/c1-10(2)23-12-6-4-5-11(7-12)13(22)8-19-16-14(18-3)15(17)20-9-21-16/h4-7,9-10,13,18,22H,8H2,1-3H3,(H,19,20,21). The summed E-state index contributed by atoms with van der Waals surface area (Å²) in [6.07, 6.45) is 0.751. The quantitative estimate of drug-likeness (QED) is 0.674. The van der Waals surface area contributed by atoms with Crippen molar-refractivity contribution in [2.45, 2.75) is 26.1 Å². The summed E-state index contributed by atoms with van der Waals surface area (Å²) < 4.78 is 5.64. The summed E-state index contributed by atoms with van der Waals surface area (Å²) in [6, 6.07) is 7.41. The largest absolute Gasteiger partial charge is 0.491 e. The van der Waals surface area contributed by atoms with Crippen molar-refractivity contribution in [3.05, 3.63) is 41.3 Å². The molecule has 1 aromatic heterocycles. The van der Waals surface area contributed by atoms with Crippen LogP contribution in [0.5, 0.6) is 5.75 Å². The fraction of sp³-hybridized carbons (Fsp3) is 0.375. The molecule has 2 rings (SSSR count). The Morgan fingerprint density at radius 1 is 1.30 bits per heavy atom. The van der Waals surface area contributed by atoms with Crippen molar-refractivity contribution in [1.82, 2.24) is 9.97 Å². The number of nitrogens with one attached hydrogen (secondary N) is 2. The van der Waals surface area contributed by atoms with E-state index in [9.17, 15) is 5.11 Å². The third-order valence-corrected chi connectivity index (χ3v) is 3.42. The smallest absolute Gasteiger partial charge is 0.157 e. The molecule has 0 amide bonds. The molecule has 1 unspecified atom stereocenters. The Labute approximate surface area is 140 Å². The first-order chi connectivity index (χ1) is 11.0. The predicted octanol–water partition coefficient (Wildman–Crippen LogP) is 3.10. The molecule has 124 valence electrons. The summed E-state index contributed by atoms with van der Waals surface area (Å²) in [5.41, 5.74) is 1.36. The summed E-state index contributed by atoms with van der Waals surface area (Å²) in [5, 5.41) is 16.7. The van der Waals surface area contributed by atoms with Crippen LogP contribution in [0.2, 0.25) is 5.15 Å². The molecule has 0 bridgehead atoms. The Balaban J connectivity index is 2.05. The zero-order valence-electron chi connectivity index (χ0n) is 13.4. The van der Waals surface area contributed by atoms with Crippen LogP contribution < -0.4 is 15.4 Å². The molecule has 1 atom stereocenters. The number of benzene rings is 1. The van der Waals surface area contributed by atoms with Crippen molar-refractivity contribution < 1.29 is 9.84 Å². The highest BCUT2D eigenvalue weighted by molar-refractivity contribution is 6.32. The van der Waals surface area contributed by atoms with E-state index in [2.05, 4.69) is 20.6 Å². The highest BCUT2D eigenvalue weighted by atomic mass is 35.5. The average molecular weight is 337 g/mol. The van der Waals surface area contributed by atoms with Crippen LogP contribution in [0.25, 0.3) is 0 Å². The number of rotatable bonds is 7. The number of aliphatic hydroxyl groups excluding tert-OH is 1. The molecular formula is C16H21ClN4O2. The van der Waals surface area contributed by atoms with Crippen molar-refractivity contribution in [2.75, 3.05) is 24.2 Å². The van der Waals surface area contributed by atoms with Gasteiger partial charge in [0.15, 0.2) is 11.0 Å². The number of aromatic nitrogens is 2. The number of halogens is 1. The first-order valence-corrected chi connectivity index (χ1v) is 7.76. The molecule has 0 saturated heterocycles. The van der Waals surface area contributed by atoms with Crippen molar-refractivity contribution in [3.8, 4) is 5.75 Å². The van der Waals surface area contributed by atoms with E-state index >= 15 is 0 Å². The van der Waals surface area contributed by atoms with E-state index < -0.39 is 6.10 Å². The molecular weight excluding hydrogens is 316 g/mol. The van der Waals surface area contributed by atoms with Gasteiger partial charge in [0.2, 0.25) is 0 Å². The second-order valence-electron chi connectivity index (χ2n) is 5.27. The zero-order chi connectivity index (χ0) is 16.8. The molecule has 0 saturated carbocycles. The lowest BCUT2D eigenvalue weighted by Gasteiger charge is -2.16. The van der Waals surface area contributed by atoms with E-state index in [1.54, 1.807) is 7.05 Å². The topological polar surface area (TPSA) is 79.3 Å². The molecule has 6 nitrogen and oxygen atoms in total. The molecule has 0 aliphatic rings. The van der Waals surface area contributed by atoms with E-state index in [0.29, 0.717) is 16.7 Å². The van der Waals surface area contributed by atoms with Gasteiger partial charge in [-0.3, -0.25) is 0 Å². The summed E-state index contributed by atoms with van der Waals surface area (Å²) >= 11 is 6.00. The first-order valence-electron chi connectivity index (χ1n) is 7.38. The van der Waals surface area contributed by atoms with Crippen LogP contribution in [-0.2, 0) is 0 Å². The molecule has 0 aliphatic heterocycles. The average Bonchev–Trinajstić information content (AvgIpc) is 2.52. The van der Waals surface area contributed by atoms with E-state index in [1.165, 1.54) is 6.33 Å². The molecule has 0 aliphatic carbocycles. The molecule has 23 heavy (non-hydrogen) atoms. The van der Waals surface area contributed by atoms with Gasteiger partial charge in [0, 0.05) is 13.6 Å². The maximum Gasteiger partial charge on any atom is 0.157 e. The second kappa shape index (κ2) is 7.99. The van der Waals surface area contributed by atoms with Gasteiger partial charge in [-0.05, 0) is 31.5 Å². The van der Waals surface area contributed by atoms with Gasteiger partial charge in [-0.2, -0.15) is 0 Å². The molecule has 2 aromatic rings. The van der Waals surface area contributed by atoms with Crippen LogP contribution in [0.4, 0.5) is 11.5 Å². The number of ether oxygens (including phenoxy) is 1. The van der Waals surface area contributed by atoms with Crippen LogP contribution in [0, 0.1) is 0 Å². The Bertz CT molecular complexity index is 652. The summed E-state index contributed by atoms with van der Waals surface area (Å²) in [7, 11) is 1.74. The fourth-order valence-electron chi connectivity index (χ4n) is 2.10. The van der Waals surface area contributed by atoms with Crippen LogP contribution in [0.15, 0.2) is 30.6 Å². The monoisotopic (exact) mass is 336 g/mol. The lowest BCUT2D eigenvalue weighted by molar-refractivity contribution is 0.189. The fourth-order valence-corrected chi connectivity index (χ4v) is 2.33. The van der Waals surface area contributed by atoms with Crippen LogP contribution in [0.1, 0.15) is 25.5 Å².